The third kappa shape index (κ3) is 2.24. The molecule has 0 unspecified atom stereocenters. The molecule has 0 fully saturated rings. The Hall–Kier alpha value is -1.81. The van der Waals surface area contributed by atoms with Gasteiger partial charge in [0, 0.05) is 22.7 Å². The van der Waals surface area contributed by atoms with Crippen LogP contribution in [0.5, 0.6) is 5.75 Å². The molecule has 0 bridgehead atoms. The lowest BCUT2D eigenvalue weighted by Crippen LogP contribution is -2.22. The standard InChI is InChI=1S/C14H18N2O2/c1-4-15-8-13(17)14-9(2)16-12-7-10(18-3)5-6-11(12)14/h5-7,15-16H,4,8H2,1-3H3. The van der Waals surface area contributed by atoms with E-state index in [9.17, 15) is 4.79 Å². The number of methoxy groups -OCH3 is 1. The van der Waals surface area contributed by atoms with Crippen molar-refractivity contribution in [1.29, 1.82) is 0 Å². The Bertz CT molecular complexity index is 572. The van der Waals surface area contributed by atoms with Gasteiger partial charge >= 0.3 is 0 Å². The largest absolute Gasteiger partial charge is 0.497 e. The first kappa shape index (κ1) is 12.6. The van der Waals surface area contributed by atoms with E-state index in [2.05, 4.69) is 10.3 Å². The van der Waals surface area contributed by atoms with E-state index in [1.807, 2.05) is 32.0 Å². The second-order valence-electron chi connectivity index (χ2n) is 4.24. The normalized spacial score (nSPS) is 10.8. The highest BCUT2D eigenvalue weighted by Crippen LogP contribution is 2.26. The van der Waals surface area contributed by atoms with E-state index in [0.717, 1.165) is 34.5 Å². The summed E-state index contributed by atoms with van der Waals surface area (Å²) in [5.74, 6) is 0.903. The SMILES string of the molecule is CCNCC(=O)c1c(C)[nH]c2cc(OC)ccc12. The number of ether oxygens (including phenoxy) is 1. The molecule has 0 amide bonds. The Morgan fingerprint density at radius 2 is 2.22 bits per heavy atom. The Morgan fingerprint density at radius 3 is 2.89 bits per heavy atom. The molecule has 4 heteroatoms. The summed E-state index contributed by atoms with van der Waals surface area (Å²) in [4.78, 5) is 15.4. The lowest BCUT2D eigenvalue weighted by molar-refractivity contribution is 0.0993. The van der Waals surface area contributed by atoms with Crippen molar-refractivity contribution in [3.05, 3.63) is 29.5 Å². The Labute approximate surface area is 106 Å². The third-order valence-electron chi connectivity index (χ3n) is 3.01. The fourth-order valence-corrected chi connectivity index (χ4v) is 2.12. The van der Waals surface area contributed by atoms with E-state index in [-0.39, 0.29) is 5.78 Å². The molecule has 2 aromatic rings. The van der Waals surface area contributed by atoms with Gasteiger partial charge in [0.2, 0.25) is 0 Å². The maximum Gasteiger partial charge on any atom is 0.179 e. The number of hydrogen-bond acceptors (Lipinski definition) is 3. The number of fused-ring (bicyclic) bond motifs is 1. The molecule has 0 spiro atoms. The van der Waals surface area contributed by atoms with Crippen molar-refractivity contribution in [1.82, 2.24) is 10.3 Å². The number of likely N-dealkylation sites (N-methyl/N-ethyl adjacent to an activating group) is 1. The number of hydrogen-bond donors (Lipinski definition) is 2. The number of nitrogens with one attached hydrogen (secondary N) is 2. The van der Waals surface area contributed by atoms with Gasteiger partial charge in [0.1, 0.15) is 5.75 Å². The number of benzene rings is 1. The van der Waals surface area contributed by atoms with Crippen LogP contribution in [0.3, 0.4) is 0 Å². The summed E-state index contributed by atoms with van der Waals surface area (Å²) in [6.07, 6.45) is 0. The van der Waals surface area contributed by atoms with Crippen molar-refractivity contribution in [2.45, 2.75) is 13.8 Å². The van der Waals surface area contributed by atoms with Gasteiger partial charge in [-0.3, -0.25) is 4.79 Å². The molecule has 2 N–H and O–H groups in total. The highest BCUT2D eigenvalue weighted by molar-refractivity contribution is 6.10. The fraction of sp³-hybridized carbons (Fsp3) is 0.357. The quantitative estimate of drug-likeness (QED) is 0.796. The average molecular weight is 246 g/mol. The summed E-state index contributed by atoms with van der Waals surface area (Å²) in [5.41, 5.74) is 2.61. The molecule has 4 nitrogen and oxygen atoms in total. The predicted molar refractivity (Wildman–Crippen MR) is 72.5 cm³/mol. The van der Waals surface area contributed by atoms with Crippen molar-refractivity contribution in [3.8, 4) is 5.75 Å². The number of Topliss-reactive ketones (excluding diaryl/α,β-unsaturated/α-hetero) is 1. The molecule has 1 aromatic heterocycles. The molecule has 0 saturated heterocycles. The molecule has 2 rings (SSSR count). The number of carbonyl (C=O) groups excluding carboxylic acids is 1. The van der Waals surface area contributed by atoms with Crippen LogP contribution in [0.4, 0.5) is 0 Å². The van der Waals surface area contributed by atoms with Crippen LogP contribution >= 0.6 is 0 Å². The van der Waals surface area contributed by atoms with E-state index in [0.29, 0.717) is 6.54 Å². The summed E-state index contributed by atoms with van der Waals surface area (Å²) in [6.45, 7) is 5.07. The Balaban J connectivity index is 2.44. The number of carbonyl (C=O) groups is 1. The molecule has 0 saturated carbocycles. The van der Waals surface area contributed by atoms with Crippen LogP contribution in [0.2, 0.25) is 0 Å². The highest BCUT2D eigenvalue weighted by Gasteiger charge is 2.15. The maximum absolute atomic E-state index is 12.1. The molecular weight excluding hydrogens is 228 g/mol. The smallest absolute Gasteiger partial charge is 0.179 e. The number of H-pyrrole nitrogens is 1. The van der Waals surface area contributed by atoms with Gasteiger partial charge in [-0.15, -0.1) is 0 Å². The molecular formula is C14H18N2O2. The number of aryl methyl sites for hydroxylation is 1. The van der Waals surface area contributed by atoms with Crippen LogP contribution in [-0.2, 0) is 0 Å². The summed E-state index contributed by atoms with van der Waals surface area (Å²) in [6, 6.07) is 5.71. The van der Waals surface area contributed by atoms with E-state index in [1.165, 1.54) is 0 Å². The number of aromatic amines is 1. The average Bonchev–Trinajstić information content (AvgIpc) is 2.70. The number of ketones is 1. The first-order chi connectivity index (χ1) is 8.67. The second-order valence-corrected chi connectivity index (χ2v) is 4.24. The monoisotopic (exact) mass is 246 g/mol. The van der Waals surface area contributed by atoms with Gasteiger partial charge < -0.3 is 15.0 Å². The minimum Gasteiger partial charge on any atom is -0.497 e. The van der Waals surface area contributed by atoms with Gasteiger partial charge in [-0.2, -0.15) is 0 Å². The molecule has 1 aromatic carbocycles. The lowest BCUT2D eigenvalue weighted by atomic mass is 10.1. The maximum atomic E-state index is 12.1. The third-order valence-corrected chi connectivity index (χ3v) is 3.01. The molecule has 18 heavy (non-hydrogen) atoms. The van der Waals surface area contributed by atoms with E-state index in [1.54, 1.807) is 7.11 Å². The predicted octanol–water partition coefficient (Wildman–Crippen LogP) is 2.28. The molecule has 0 aliphatic carbocycles. The van der Waals surface area contributed by atoms with Gasteiger partial charge in [-0.1, -0.05) is 6.92 Å². The van der Waals surface area contributed by atoms with Crippen molar-refractivity contribution >= 4 is 16.7 Å². The number of aromatic nitrogens is 1. The van der Waals surface area contributed by atoms with Gasteiger partial charge in [-0.05, 0) is 25.6 Å². The topological polar surface area (TPSA) is 54.1 Å². The van der Waals surface area contributed by atoms with Crippen molar-refractivity contribution in [2.24, 2.45) is 0 Å². The van der Waals surface area contributed by atoms with Gasteiger partial charge in [0.25, 0.3) is 0 Å². The van der Waals surface area contributed by atoms with Crippen molar-refractivity contribution < 1.29 is 9.53 Å². The summed E-state index contributed by atoms with van der Waals surface area (Å²) < 4.78 is 5.18. The van der Waals surface area contributed by atoms with Crippen molar-refractivity contribution in [3.63, 3.8) is 0 Å². The van der Waals surface area contributed by atoms with Crippen LogP contribution in [0.1, 0.15) is 23.0 Å². The van der Waals surface area contributed by atoms with Crippen LogP contribution in [0.15, 0.2) is 18.2 Å². The summed E-state index contributed by atoms with van der Waals surface area (Å²) >= 11 is 0. The summed E-state index contributed by atoms with van der Waals surface area (Å²) in [7, 11) is 1.63. The van der Waals surface area contributed by atoms with Gasteiger partial charge in [0.15, 0.2) is 5.78 Å². The molecule has 96 valence electrons. The van der Waals surface area contributed by atoms with Gasteiger partial charge in [0.05, 0.1) is 19.2 Å². The minimum atomic E-state index is 0.116. The fourth-order valence-electron chi connectivity index (χ4n) is 2.12. The molecule has 0 aliphatic rings. The Morgan fingerprint density at radius 1 is 1.44 bits per heavy atom. The van der Waals surface area contributed by atoms with Crippen molar-refractivity contribution in [2.75, 3.05) is 20.2 Å². The van der Waals surface area contributed by atoms with Crippen LogP contribution < -0.4 is 10.1 Å². The highest BCUT2D eigenvalue weighted by atomic mass is 16.5. The zero-order valence-electron chi connectivity index (χ0n) is 11.0. The lowest BCUT2D eigenvalue weighted by Gasteiger charge is -2.02. The number of rotatable bonds is 5. The second kappa shape index (κ2) is 5.23. The zero-order chi connectivity index (χ0) is 13.1. The van der Waals surface area contributed by atoms with Crippen LogP contribution in [0, 0.1) is 6.92 Å². The first-order valence-corrected chi connectivity index (χ1v) is 6.07. The molecule has 0 radical (unpaired) electrons. The minimum absolute atomic E-state index is 0.116. The summed E-state index contributed by atoms with van der Waals surface area (Å²) in [5, 5.41) is 4.02. The first-order valence-electron chi connectivity index (χ1n) is 6.07. The van der Waals surface area contributed by atoms with Crippen LogP contribution in [-0.4, -0.2) is 31.0 Å². The van der Waals surface area contributed by atoms with E-state index >= 15 is 0 Å². The molecule has 0 atom stereocenters. The van der Waals surface area contributed by atoms with E-state index < -0.39 is 0 Å². The molecule has 0 aliphatic heterocycles. The zero-order valence-corrected chi connectivity index (χ0v) is 11.0. The molecule has 1 heterocycles. The van der Waals surface area contributed by atoms with Crippen LogP contribution in [0.25, 0.3) is 10.9 Å². The Kier molecular flexibility index (Phi) is 3.67. The van der Waals surface area contributed by atoms with E-state index in [4.69, 9.17) is 4.74 Å². The van der Waals surface area contributed by atoms with Gasteiger partial charge in [-0.25, -0.2) is 0 Å².